The Kier molecular flexibility index (Phi) is 5.92. The molecule has 0 fully saturated rings. The van der Waals surface area contributed by atoms with Crippen LogP contribution in [0.1, 0.15) is 11.0 Å². The van der Waals surface area contributed by atoms with Gasteiger partial charge in [0.25, 0.3) is 0 Å². The van der Waals surface area contributed by atoms with Crippen molar-refractivity contribution in [3.8, 4) is 62.1 Å². The molecule has 11 aromatic rings. The second-order valence-electron chi connectivity index (χ2n) is 13.3. The van der Waals surface area contributed by atoms with Gasteiger partial charge in [-0.15, -0.1) is 11.3 Å². The van der Waals surface area contributed by atoms with E-state index in [1.165, 1.54) is 29.5 Å². The molecule has 0 saturated carbocycles. The highest BCUT2D eigenvalue weighted by Gasteiger charge is 2.21. The Morgan fingerprint density at radius 1 is 0.429 bits per heavy atom. The zero-order valence-corrected chi connectivity index (χ0v) is 30.4. The summed E-state index contributed by atoms with van der Waals surface area (Å²) in [6.45, 7) is 0. The van der Waals surface area contributed by atoms with Gasteiger partial charge in [-0.3, -0.25) is 0 Å². The molecule has 3 aromatic heterocycles. The minimum absolute atomic E-state index is 0.0137. The molecule has 0 unspecified atom stereocenters. The standard InChI is InChI=1S/C51H32N4S/c1-4-15-33(16-5-1)36-27-29-40-41-23-14-24-42(48(41)56-47(40)32-36)43-31-37(28-30-46(43)55-44-25-12-10-21-38(44)39-22-11-13-26-45(39)55)51-53-49(34-17-6-2-7-18-34)52-50(54-51)35-19-8-3-9-20-35/h1-32H/i1D,14D,15D,16D,23D,24D,27D,32D. The number of thiophene rings is 1. The summed E-state index contributed by atoms with van der Waals surface area (Å²) >= 11 is 1.19. The molecule has 0 N–H and O–H groups in total. The third-order valence-corrected chi connectivity index (χ3v) is 11.2. The number of para-hydroxylation sites is 2. The minimum Gasteiger partial charge on any atom is -0.309 e. The number of hydrogen-bond acceptors (Lipinski definition) is 4. The second-order valence-corrected chi connectivity index (χ2v) is 14.4. The highest BCUT2D eigenvalue weighted by atomic mass is 32.1. The summed E-state index contributed by atoms with van der Waals surface area (Å²) in [5, 5.41) is 2.80. The van der Waals surface area contributed by atoms with Gasteiger partial charge in [0.2, 0.25) is 0 Å². The zero-order valence-electron chi connectivity index (χ0n) is 37.6. The number of rotatable bonds is 6. The zero-order chi connectivity index (χ0) is 44.0. The van der Waals surface area contributed by atoms with E-state index < -0.39 is 0 Å². The molecule has 0 radical (unpaired) electrons. The molecule has 0 saturated heterocycles. The Morgan fingerprint density at radius 3 is 1.70 bits per heavy atom. The smallest absolute Gasteiger partial charge is 0.164 e. The third-order valence-electron chi connectivity index (χ3n) is 10.0. The van der Waals surface area contributed by atoms with E-state index in [9.17, 15) is 5.48 Å². The molecule has 5 heteroatoms. The number of fused-ring (bicyclic) bond motifs is 6. The van der Waals surface area contributed by atoms with Gasteiger partial charge < -0.3 is 4.57 Å². The normalized spacial score (nSPS) is 13.6. The molecule has 0 aliphatic carbocycles. The van der Waals surface area contributed by atoms with Crippen molar-refractivity contribution < 1.29 is 11.0 Å². The van der Waals surface area contributed by atoms with E-state index in [0.717, 1.165) is 32.9 Å². The predicted molar refractivity (Wildman–Crippen MR) is 234 cm³/mol. The molecule has 4 nitrogen and oxygen atoms in total. The maximum atomic E-state index is 9.69. The van der Waals surface area contributed by atoms with Crippen molar-refractivity contribution in [1.82, 2.24) is 19.5 Å². The average Bonchev–Trinajstić information content (AvgIpc) is 3.85. The van der Waals surface area contributed by atoms with Crippen LogP contribution in [0, 0.1) is 0 Å². The molecule has 0 aliphatic rings. The van der Waals surface area contributed by atoms with Crippen LogP contribution >= 0.6 is 11.3 Å². The topological polar surface area (TPSA) is 43.6 Å². The van der Waals surface area contributed by atoms with Crippen molar-refractivity contribution in [2.24, 2.45) is 0 Å². The molecule has 11 rings (SSSR count). The fourth-order valence-corrected chi connectivity index (χ4v) is 8.61. The Balaban J connectivity index is 1.25. The summed E-state index contributed by atoms with van der Waals surface area (Å²) in [4.78, 5) is 15.0. The molecule has 0 amide bonds. The maximum absolute atomic E-state index is 9.69. The van der Waals surface area contributed by atoms with Crippen molar-refractivity contribution in [2.75, 3.05) is 0 Å². The van der Waals surface area contributed by atoms with Crippen LogP contribution in [0.5, 0.6) is 0 Å². The molecule has 0 spiro atoms. The summed E-state index contributed by atoms with van der Waals surface area (Å²) < 4.78 is 75.3. The first-order chi connectivity index (χ1) is 31.1. The molecule has 262 valence electrons. The van der Waals surface area contributed by atoms with E-state index in [0.29, 0.717) is 60.0 Å². The highest BCUT2D eigenvalue weighted by Crippen LogP contribution is 2.45. The quantitative estimate of drug-likeness (QED) is 0.170. The predicted octanol–water partition coefficient (Wildman–Crippen LogP) is 13.7. The lowest BCUT2D eigenvalue weighted by atomic mass is 9.97. The Morgan fingerprint density at radius 2 is 1.04 bits per heavy atom. The van der Waals surface area contributed by atoms with Crippen LogP contribution in [0.4, 0.5) is 0 Å². The Bertz CT molecular complexity index is 3590. The first-order valence-corrected chi connectivity index (χ1v) is 18.9. The SMILES string of the molecule is [2H]c1cc([2H])c(-c2c([2H])cc3c(sc4c(-c5cc(-c6nc(-c7ccccc7)nc(-c7ccccc7)n6)ccc5-n5c6ccccc6c6ccccc65)c([2H])c([2H])c([2H])c43)c2[2H])c([2H])c1. The van der Waals surface area contributed by atoms with Gasteiger partial charge >= 0.3 is 0 Å². The van der Waals surface area contributed by atoms with E-state index in [1.54, 1.807) is 0 Å². The van der Waals surface area contributed by atoms with Crippen LogP contribution in [-0.4, -0.2) is 19.5 Å². The summed E-state index contributed by atoms with van der Waals surface area (Å²) in [7, 11) is 0. The summed E-state index contributed by atoms with van der Waals surface area (Å²) in [5.74, 6) is 1.34. The number of hydrogen-bond donors (Lipinski definition) is 0. The second kappa shape index (κ2) is 13.3. The van der Waals surface area contributed by atoms with Crippen LogP contribution in [0.25, 0.3) is 104 Å². The van der Waals surface area contributed by atoms with E-state index in [2.05, 4.69) is 28.8 Å². The van der Waals surface area contributed by atoms with Crippen LogP contribution in [0.15, 0.2) is 194 Å². The van der Waals surface area contributed by atoms with Crippen molar-refractivity contribution in [2.45, 2.75) is 0 Å². The van der Waals surface area contributed by atoms with Crippen molar-refractivity contribution >= 4 is 53.3 Å². The first kappa shape index (κ1) is 25.0. The third kappa shape index (κ3) is 5.40. The molecule has 0 aliphatic heterocycles. The lowest BCUT2D eigenvalue weighted by Gasteiger charge is -2.17. The summed E-state index contributed by atoms with van der Waals surface area (Å²) in [5.41, 5.74) is 5.85. The van der Waals surface area contributed by atoms with Gasteiger partial charge in [0.05, 0.1) is 27.7 Å². The van der Waals surface area contributed by atoms with E-state index >= 15 is 0 Å². The van der Waals surface area contributed by atoms with Crippen LogP contribution in [0.3, 0.4) is 0 Å². The van der Waals surface area contributed by atoms with E-state index in [4.69, 9.17) is 20.4 Å². The average molecular weight is 741 g/mol. The summed E-state index contributed by atoms with van der Waals surface area (Å²) in [6.07, 6.45) is 0. The molecule has 56 heavy (non-hydrogen) atoms. The largest absolute Gasteiger partial charge is 0.309 e. The minimum atomic E-state index is -0.311. The lowest BCUT2D eigenvalue weighted by Crippen LogP contribution is -2.02. The highest BCUT2D eigenvalue weighted by molar-refractivity contribution is 7.26. The lowest BCUT2D eigenvalue weighted by molar-refractivity contribution is 1.07. The van der Waals surface area contributed by atoms with Gasteiger partial charge in [-0.1, -0.05) is 158 Å². The molecular weight excluding hydrogens is 701 g/mol. The van der Waals surface area contributed by atoms with E-state index in [1.807, 2.05) is 103 Å². The maximum Gasteiger partial charge on any atom is 0.164 e. The fourth-order valence-electron chi connectivity index (χ4n) is 7.45. The molecule has 0 atom stereocenters. The Labute approximate surface area is 338 Å². The number of nitrogens with zero attached hydrogens (tertiary/aromatic N) is 4. The van der Waals surface area contributed by atoms with Crippen LogP contribution in [-0.2, 0) is 0 Å². The number of aromatic nitrogens is 4. The summed E-state index contributed by atoms with van der Waals surface area (Å²) in [6, 6.07) is 44.4. The van der Waals surface area contributed by atoms with Gasteiger partial charge in [0.1, 0.15) is 0 Å². The molecular formula is C51H32N4S. The van der Waals surface area contributed by atoms with Gasteiger partial charge in [-0.05, 0) is 47.5 Å². The molecule has 0 bridgehead atoms. The number of benzene rings is 8. The van der Waals surface area contributed by atoms with Crippen LogP contribution < -0.4 is 0 Å². The van der Waals surface area contributed by atoms with E-state index in [-0.39, 0.29) is 59.5 Å². The van der Waals surface area contributed by atoms with Crippen molar-refractivity contribution in [3.05, 3.63) is 194 Å². The Hall–Kier alpha value is -7.21. The molecule has 8 aromatic carbocycles. The van der Waals surface area contributed by atoms with Crippen LogP contribution in [0.2, 0.25) is 0 Å². The molecule has 3 heterocycles. The fraction of sp³-hybridized carbons (Fsp3) is 0. The van der Waals surface area contributed by atoms with Crippen molar-refractivity contribution in [1.29, 1.82) is 0 Å². The van der Waals surface area contributed by atoms with Crippen molar-refractivity contribution in [3.63, 3.8) is 0 Å². The van der Waals surface area contributed by atoms with Gasteiger partial charge in [0, 0.05) is 58.8 Å². The first-order valence-electron chi connectivity index (χ1n) is 22.1. The van der Waals surface area contributed by atoms with Gasteiger partial charge in [-0.2, -0.15) is 0 Å². The van der Waals surface area contributed by atoms with Gasteiger partial charge in [-0.25, -0.2) is 15.0 Å². The van der Waals surface area contributed by atoms with Gasteiger partial charge in [0.15, 0.2) is 17.5 Å². The monoisotopic (exact) mass is 740 g/mol.